The van der Waals surface area contributed by atoms with Crippen LogP contribution < -0.4 is 10.6 Å². The highest BCUT2D eigenvalue weighted by atomic mass is 16.2. The average molecular weight is 265 g/mol. The Labute approximate surface area is 116 Å². The van der Waals surface area contributed by atoms with Crippen LogP contribution in [0.5, 0.6) is 0 Å². The van der Waals surface area contributed by atoms with Crippen molar-refractivity contribution in [1.29, 1.82) is 0 Å². The van der Waals surface area contributed by atoms with Gasteiger partial charge in [-0.25, -0.2) is 0 Å². The van der Waals surface area contributed by atoms with Crippen LogP contribution in [0.1, 0.15) is 59.8 Å². The Morgan fingerprint density at radius 1 is 1.21 bits per heavy atom. The van der Waals surface area contributed by atoms with Crippen molar-refractivity contribution in [3.05, 3.63) is 0 Å². The lowest BCUT2D eigenvalue weighted by molar-refractivity contribution is -0.124. The van der Waals surface area contributed by atoms with Crippen LogP contribution in [0.15, 0.2) is 4.99 Å². The van der Waals surface area contributed by atoms with Gasteiger partial charge in [-0.05, 0) is 37.0 Å². The Morgan fingerprint density at radius 3 is 2.63 bits per heavy atom. The third-order valence-corrected chi connectivity index (χ3v) is 4.32. The molecule has 4 nitrogen and oxygen atoms in total. The quantitative estimate of drug-likeness (QED) is 0.806. The van der Waals surface area contributed by atoms with Crippen molar-refractivity contribution in [2.24, 2.45) is 16.3 Å². The van der Waals surface area contributed by atoms with Crippen LogP contribution in [-0.2, 0) is 4.79 Å². The number of guanidine groups is 1. The SMILES string of the molecule is CC(C)CN=C1NC(=O)C2(CCCC(C)(C)CC2)N1. The van der Waals surface area contributed by atoms with Crippen LogP contribution in [0.2, 0.25) is 0 Å². The fraction of sp³-hybridized carbons (Fsp3) is 0.867. The minimum Gasteiger partial charge on any atom is -0.342 e. The van der Waals surface area contributed by atoms with Gasteiger partial charge in [0.25, 0.3) is 5.91 Å². The predicted molar refractivity (Wildman–Crippen MR) is 78.0 cm³/mol. The van der Waals surface area contributed by atoms with Gasteiger partial charge in [0.2, 0.25) is 0 Å². The summed E-state index contributed by atoms with van der Waals surface area (Å²) in [6.07, 6.45) is 5.22. The zero-order valence-corrected chi connectivity index (χ0v) is 12.7. The van der Waals surface area contributed by atoms with Gasteiger partial charge in [-0.15, -0.1) is 0 Å². The first kappa shape index (κ1) is 14.4. The molecule has 1 saturated carbocycles. The highest BCUT2D eigenvalue weighted by molar-refractivity contribution is 6.09. The van der Waals surface area contributed by atoms with Gasteiger partial charge in [-0.1, -0.05) is 34.1 Å². The van der Waals surface area contributed by atoms with Crippen LogP contribution in [0.3, 0.4) is 0 Å². The molecule has 2 fully saturated rings. The minimum atomic E-state index is -0.399. The number of nitrogens with one attached hydrogen (secondary N) is 2. The summed E-state index contributed by atoms with van der Waals surface area (Å²) >= 11 is 0. The molecule has 0 aromatic rings. The monoisotopic (exact) mass is 265 g/mol. The molecule has 0 aromatic carbocycles. The second-order valence-electron chi connectivity index (χ2n) is 7.26. The van der Waals surface area contributed by atoms with Gasteiger partial charge in [0.05, 0.1) is 0 Å². The van der Waals surface area contributed by atoms with E-state index in [9.17, 15) is 4.79 Å². The summed E-state index contributed by atoms with van der Waals surface area (Å²) < 4.78 is 0. The van der Waals surface area contributed by atoms with Crippen molar-refractivity contribution in [3.8, 4) is 0 Å². The van der Waals surface area contributed by atoms with Crippen LogP contribution in [0, 0.1) is 11.3 Å². The fourth-order valence-electron chi connectivity index (χ4n) is 2.92. The zero-order chi connectivity index (χ0) is 14.1. The number of hydrogen-bond donors (Lipinski definition) is 2. The normalized spacial score (nSPS) is 32.5. The molecular formula is C15H27N3O. The Kier molecular flexibility index (Phi) is 3.88. The standard InChI is InChI=1S/C15H27N3O/c1-11(2)10-16-13-17-12(19)15(18-13)7-5-6-14(3,4)8-9-15/h11H,5-10H2,1-4H3,(H2,16,17,18,19). The van der Waals surface area contributed by atoms with Crippen LogP contribution in [0.4, 0.5) is 0 Å². The molecule has 2 rings (SSSR count). The summed E-state index contributed by atoms with van der Waals surface area (Å²) in [5, 5.41) is 6.30. The van der Waals surface area contributed by atoms with Crippen molar-refractivity contribution in [2.45, 2.75) is 65.3 Å². The number of carbonyl (C=O) groups excluding carboxylic acids is 1. The van der Waals surface area contributed by atoms with E-state index in [2.05, 4.69) is 43.3 Å². The fourth-order valence-corrected chi connectivity index (χ4v) is 2.92. The number of nitrogens with zero attached hydrogens (tertiary/aromatic N) is 1. The molecule has 1 spiro atoms. The van der Waals surface area contributed by atoms with E-state index in [-0.39, 0.29) is 5.91 Å². The Hall–Kier alpha value is -1.06. The predicted octanol–water partition coefficient (Wildman–Crippen LogP) is 2.45. The largest absolute Gasteiger partial charge is 0.342 e. The molecule has 1 aliphatic carbocycles. The molecule has 1 aliphatic heterocycles. The molecule has 0 radical (unpaired) electrons. The molecule has 1 unspecified atom stereocenters. The van der Waals surface area contributed by atoms with E-state index in [0.717, 1.165) is 32.2 Å². The summed E-state index contributed by atoms with van der Waals surface area (Å²) in [4.78, 5) is 16.8. The van der Waals surface area contributed by atoms with E-state index in [0.29, 0.717) is 17.3 Å². The van der Waals surface area contributed by atoms with Gasteiger partial charge < -0.3 is 5.32 Å². The Bertz CT molecular complexity index is 387. The molecule has 108 valence electrons. The van der Waals surface area contributed by atoms with Gasteiger partial charge >= 0.3 is 0 Å². The molecule has 0 aromatic heterocycles. The maximum absolute atomic E-state index is 12.3. The Balaban J connectivity index is 2.08. The Morgan fingerprint density at radius 2 is 1.95 bits per heavy atom. The molecule has 2 aliphatic rings. The van der Waals surface area contributed by atoms with E-state index in [1.54, 1.807) is 0 Å². The van der Waals surface area contributed by atoms with Crippen LogP contribution >= 0.6 is 0 Å². The van der Waals surface area contributed by atoms with E-state index in [1.165, 1.54) is 6.42 Å². The third kappa shape index (κ3) is 3.28. The number of rotatable bonds is 2. The maximum atomic E-state index is 12.3. The van der Waals surface area contributed by atoms with Gasteiger partial charge in [0, 0.05) is 6.54 Å². The smallest absolute Gasteiger partial charge is 0.252 e. The zero-order valence-electron chi connectivity index (χ0n) is 12.7. The summed E-state index contributed by atoms with van der Waals surface area (Å²) in [7, 11) is 0. The van der Waals surface area contributed by atoms with E-state index < -0.39 is 5.54 Å². The first-order valence-electron chi connectivity index (χ1n) is 7.47. The highest BCUT2D eigenvalue weighted by Crippen LogP contribution is 2.39. The van der Waals surface area contributed by atoms with Gasteiger partial charge in [-0.3, -0.25) is 15.1 Å². The van der Waals surface area contributed by atoms with E-state index >= 15 is 0 Å². The molecule has 1 saturated heterocycles. The maximum Gasteiger partial charge on any atom is 0.252 e. The van der Waals surface area contributed by atoms with Gasteiger partial charge in [-0.2, -0.15) is 0 Å². The molecule has 0 bridgehead atoms. The lowest BCUT2D eigenvalue weighted by atomic mass is 9.83. The van der Waals surface area contributed by atoms with Crippen molar-refractivity contribution in [2.75, 3.05) is 6.54 Å². The molecular weight excluding hydrogens is 238 g/mol. The highest BCUT2D eigenvalue weighted by Gasteiger charge is 2.46. The molecule has 1 heterocycles. The van der Waals surface area contributed by atoms with Crippen molar-refractivity contribution in [3.63, 3.8) is 0 Å². The number of hydrogen-bond acceptors (Lipinski definition) is 2. The third-order valence-electron chi connectivity index (χ3n) is 4.32. The van der Waals surface area contributed by atoms with Crippen LogP contribution in [0.25, 0.3) is 0 Å². The summed E-state index contributed by atoms with van der Waals surface area (Å²) in [6.45, 7) is 9.61. The van der Waals surface area contributed by atoms with Crippen molar-refractivity contribution in [1.82, 2.24) is 10.6 Å². The minimum absolute atomic E-state index is 0.118. The number of amides is 1. The van der Waals surface area contributed by atoms with Crippen molar-refractivity contribution >= 4 is 11.9 Å². The summed E-state index contributed by atoms with van der Waals surface area (Å²) in [6, 6.07) is 0. The second-order valence-corrected chi connectivity index (χ2v) is 7.26. The lowest BCUT2D eigenvalue weighted by Crippen LogP contribution is -2.46. The first-order valence-corrected chi connectivity index (χ1v) is 7.47. The average Bonchev–Trinajstić information content (AvgIpc) is 2.52. The topological polar surface area (TPSA) is 53.5 Å². The van der Waals surface area contributed by atoms with E-state index in [1.807, 2.05) is 0 Å². The van der Waals surface area contributed by atoms with Gasteiger partial charge in [0.1, 0.15) is 5.54 Å². The molecule has 19 heavy (non-hydrogen) atoms. The lowest BCUT2D eigenvalue weighted by Gasteiger charge is -2.26. The number of carbonyl (C=O) groups is 1. The summed E-state index contributed by atoms with van der Waals surface area (Å²) in [5.41, 5.74) is -0.0487. The molecule has 4 heteroatoms. The molecule has 1 atom stereocenters. The van der Waals surface area contributed by atoms with E-state index in [4.69, 9.17) is 0 Å². The first-order chi connectivity index (χ1) is 8.83. The number of aliphatic imine (C=N–C) groups is 1. The molecule has 1 amide bonds. The summed E-state index contributed by atoms with van der Waals surface area (Å²) in [5.74, 6) is 1.31. The van der Waals surface area contributed by atoms with Crippen LogP contribution in [-0.4, -0.2) is 24.0 Å². The molecule has 2 N–H and O–H groups in total. The van der Waals surface area contributed by atoms with Gasteiger partial charge in [0.15, 0.2) is 5.96 Å². The van der Waals surface area contributed by atoms with Crippen molar-refractivity contribution < 1.29 is 4.79 Å². The second kappa shape index (κ2) is 5.14.